The predicted octanol–water partition coefficient (Wildman–Crippen LogP) is 5.00. The van der Waals surface area contributed by atoms with Crippen LogP contribution in [0.25, 0.3) is 0 Å². The highest BCUT2D eigenvalue weighted by atomic mass is 32.2. The van der Waals surface area contributed by atoms with Crippen LogP contribution in [0.4, 0.5) is 13.2 Å². The van der Waals surface area contributed by atoms with E-state index in [1.54, 1.807) is 24.9 Å². The number of amides is 1. The Balaban J connectivity index is 1.54. The van der Waals surface area contributed by atoms with Crippen LogP contribution in [0.2, 0.25) is 0 Å². The molecule has 1 aliphatic carbocycles. The number of carbonyl (C=O) groups is 1. The van der Waals surface area contributed by atoms with E-state index in [2.05, 4.69) is 4.72 Å². The van der Waals surface area contributed by atoms with E-state index >= 15 is 0 Å². The van der Waals surface area contributed by atoms with Crippen molar-refractivity contribution in [3.63, 3.8) is 0 Å². The van der Waals surface area contributed by atoms with E-state index in [0.29, 0.717) is 6.61 Å². The van der Waals surface area contributed by atoms with Gasteiger partial charge in [-0.2, -0.15) is 13.2 Å². The molecule has 8 heteroatoms. The lowest BCUT2D eigenvalue weighted by Gasteiger charge is -2.41. The smallest absolute Gasteiger partial charge is 0.376 e. The second-order valence-electron chi connectivity index (χ2n) is 8.28. The van der Waals surface area contributed by atoms with Gasteiger partial charge in [0, 0.05) is 19.5 Å². The first-order chi connectivity index (χ1) is 14.3. The quantitative estimate of drug-likeness (QED) is 0.628. The van der Waals surface area contributed by atoms with E-state index in [1.165, 1.54) is 12.1 Å². The summed E-state index contributed by atoms with van der Waals surface area (Å²) in [5.41, 5.74) is 0.190. The van der Waals surface area contributed by atoms with E-state index in [1.807, 2.05) is 11.2 Å². The van der Waals surface area contributed by atoms with Gasteiger partial charge in [-0.3, -0.25) is 9.52 Å². The van der Waals surface area contributed by atoms with E-state index in [0.717, 1.165) is 56.7 Å². The number of likely N-dealkylation sites (tertiary alicyclic amines) is 1. The standard InChI is InChI=1S/C22H31F3N2O2S/c1-15(28)27-12-4-7-20(26-30-2)21(27)14-29-19-10-8-16(9-11-19)17-5-3-6-18(13-17)22(23,24)25/h3,5-6,13,16,19-21,26H,4,7-12,14H2,1-2H3/t16?,19?,20-,21-/m0/s1. The highest BCUT2D eigenvalue weighted by molar-refractivity contribution is 7.96. The van der Waals surface area contributed by atoms with Crippen LogP contribution in [0.5, 0.6) is 0 Å². The average molecular weight is 445 g/mol. The molecule has 1 saturated carbocycles. The van der Waals surface area contributed by atoms with E-state index in [4.69, 9.17) is 4.74 Å². The Hall–Kier alpha value is -1.25. The number of nitrogens with zero attached hydrogens (tertiary/aromatic N) is 1. The third kappa shape index (κ3) is 5.92. The molecule has 1 aromatic carbocycles. The lowest BCUT2D eigenvalue weighted by Crippen LogP contribution is -2.56. The molecule has 0 radical (unpaired) electrons. The van der Waals surface area contributed by atoms with Crippen LogP contribution in [-0.2, 0) is 15.7 Å². The minimum absolute atomic E-state index is 0.0184. The number of rotatable bonds is 6. The molecule has 4 nitrogen and oxygen atoms in total. The minimum atomic E-state index is -4.31. The van der Waals surface area contributed by atoms with Crippen molar-refractivity contribution in [2.75, 3.05) is 19.4 Å². The fraction of sp³-hybridized carbons (Fsp3) is 0.682. The van der Waals surface area contributed by atoms with Gasteiger partial charge in [0.1, 0.15) is 0 Å². The molecule has 168 valence electrons. The Kier molecular flexibility index (Phi) is 8.10. The van der Waals surface area contributed by atoms with Crippen LogP contribution in [0.15, 0.2) is 24.3 Å². The van der Waals surface area contributed by atoms with Gasteiger partial charge < -0.3 is 9.64 Å². The molecule has 1 amide bonds. The molecule has 1 saturated heterocycles. The molecule has 0 bridgehead atoms. The maximum Gasteiger partial charge on any atom is 0.416 e. The van der Waals surface area contributed by atoms with Gasteiger partial charge in [-0.15, -0.1) is 0 Å². The summed E-state index contributed by atoms with van der Waals surface area (Å²) in [6.45, 7) is 2.86. The molecule has 0 aromatic heterocycles. The molecule has 1 heterocycles. The fourth-order valence-corrected chi connectivity index (χ4v) is 5.29. The minimum Gasteiger partial charge on any atom is -0.376 e. The highest BCUT2D eigenvalue weighted by Gasteiger charge is 2.35. The van der Waals surface area contributed by atoms with Crippen molar-refractivity contribution >= 4 is 17.9 Å². The largest absolute Gasteiger partial charge is 0.416 e. The van der Waals surface area contributed by atoms with Crippen LogP contribution < -0.4 is 4.72 Å². The number of piperidine rings is 1. The van der Waals surface area contributed by atoms with Crippen molar-refractivity contribution < 1.29 is 22.7 Å². The second kappa shape index (κ2) is 10.4. The van der Waals surface area contributed by atoms with Crippen LogP contribution in [0, 0.1) is 0 Å². The highest BCUT2D eigenvalue weighted by Crippen LogP contribution is 2.37. The Morgan fingerprint density at radius 2 is 1.97 bits per heavy atom. The number of carbonyl (C=O) groups excluding carboxylic acids is 1. The van der Waals surface area contributed by atoms with Crippen molar-refractivity contribution in [2.45, 2.75) is 75.7 Å². The van der Waals surface area contributed by atoms with E-state index in [-0.39, 0.29) is 30.0 Å². The molecule has 3 rings (SSSR count). The van der Waals surface area contributed by atoms with Crippen LogP contribution in [-0.4, -0.2) is 48.4 Å². The molecule has 30 heavy (non-hydrogen) atoms. The van der Waals surface area contributed by atoms with Crippen LogP contribution in [0.3, 0.4) is 0 Å². The number of hydrogen-bond acceptors (Lipinski definition) is 4. The van der Waals surface area contributed by atoms with Gasteiger partial charge in [-0.1, -0.05) is 30.1 Å². The van der Waals surface area contributed by atoms with Gasteiger partial charge in [0.15, 0.2) is 0 Å². The number of alkyl halides is 3. The number of halogens is 3. The number of hydrogen-bond donors (Lipinski definition) is 1. The van der Waals surface area contributed by atoms with E-state index in [9.17, 15) is 18.0 Å². The summed E-state index contributed by atoms with van der Waals surface area (Å²) in [4.78, 5) is 14.0. The molecular formula is C22H31F3N2O2S. The molecule has 0 spiro atoms. The van der Waals surface area contributed by atoms with Gasteiger partial charge >= 0.3 is 6.18 Å². The summed E-state index contributed by atoms with van der Waals surface area (Å²) in [6.07, 6.45) is 3.07. The lowest BCUT2D eigenvalue weighted by molar-refractivity contribution is -0.137. The van der Waals surface area contributed by atoms with Crippen LogP contribution in [0.1, 0.15) is 62.5 Å². The molecule has 2 aliphatic rings. The Labute approximate surface area is 181 Å². The number of nitrogens with one attached hydrogen (secondary N) is 1. The number of ether oxygens (including phenoxy) is 1. The van der Waals surface area contributed by atoms with E-state index < -0.39 is 11.7 Å². The third-order valence-corrected chi connectivity index (χ3v) is 6.85. The first kappa shape index (κ1) is 23.4. The van der Waals surface area contributed by atoms with Crippen molar-refractivity contribution in [1.82, 2.24) is 9.62 Å². The summed E-state index contributed by atoms with van der Waals surface area (Å²) in [5.74, 6) is 0.214. The molecular weight excluding hydrogens is 413 g/mol. The molecule has 1 aromatic rings. The normalized spacial score (nSPS) is 27.8. The Bertz CT molecular complexity index is 706. The van der Waals surface area contributed by atoms with Crippen molar-refractivity contribution in [3.05, 3.63) is 35.4 Å². The van der Waals surface area contributed by atoms with Crippen molar-refractivity contribution in [1.29, 1.82) is 0 Å². The summed E-state index contributed by atoms with van der Waals surface area (Å²) in [5, 5.41) is 0. The maximum atomic E-state index is 13.0. The first-order valence-electron chi connectivity index (χ1n) is 10.6. The fourth-order valence-electron chi connectivity index (χ4n) is 4.71. The zero-order valence-electron chi connectivity index (χ0n) is 17.6. The van der Waals surface area contributed by atoms with Gasteiger partial charge in [-0.05, 0) is 62.3 Å². The first-order valence-corrected chi connectivity index (χ1v) is 11.9. The SMILES string of the molecule is CSN[C@H]1CCCN(C(C)=O)[C@H]1COC1CCC(c2cccc(C(F)(F)F)c2)CC1. The maximum absolute atomic E-state index is 13.0. The summed E-state index contributed by atoms with van der Waals surface area (Å²) in [7, 11) is 0. The second-order valence-corrected chi connectivity index (χ2v) is 8.92. The topological polar surface area (TPSA) is 41.6 Å². The zero-order valence-corrected chi connectivity index (χ0v) is 18.4. The Morgan fingerprint density at radius 1 is 1.23 bits per heavy atom. The van der Waals surface area contributed by atoms with Crippen molar-refractivity contribution in [2.24, 2.45) is 0 Å². The molecule has 1 aliphatic heterocycles. The lowest BCUT2D eigenvalue weighted by atomic mass is 9.82. The van der Waals surface area contributed by atoms with Gasteiger partial charge in [0.25, 0.3) is 0 Å². The molecule has 1 N–H and O–H groups in total. The molecule has 2 atom stereocenters. The summed E-state index contributed by atoms with van der Waals surface area (Å²) >= 11 is 1.56. The van der Waals surface area contributed by atoms with Gasteiger partial charge in [0.2, 0.25) is 5.91 Å². The molecule has 2 fully saturated rings. The number of benzene rings is 1. The summed E-state index contributed by atoms with van der Waals surface area (Å²) in [6, 6.07) is 5.94. The van der Waals surface area contributed by atoms with Gasteiger partial charge in [-0.25, -0.2) is 0 Å². The average Bonchev–Trinajstić information content (AvgIpc) is 2.72. The van der Waals surface area contributed by atoms with Crippen LogP contribution >= 0.6 is 11.9 Å². The zero-order chi connectivity index (χ0) is 21.7. The summed E-state index contributed by atoms with van der Waals surface area (Å²) < 4.78 is 48.6. The molecule has 0 unspecified atom stereocenters. The predicted molar refractivity (Wildman–Crippen MR) is 113 cm³/mol. The Morgan fingerprint density at radius 3 is 2.60 bits per heavy atom. The van der Waals surface area contributed by atoms with Crippen molar-refractivity contribution in [3.8, 4) is 0 Å². The monoisotopic (exact) mass is 444 g/mol. The third-order valence-electron chi connectivity index (χ3n) is 6.31. The van der Waals surface area contributed by atoms with Gasteiger partial charge in [0.05, 0.1) is 24.3 Å².